The third kappa shape index (κ3) is 3.69. The fourth-order valence-corrected chi connectivity index (χ4v) is 3.25. The SMILES string of the molecule is CCCc1ccc(Cc2ccc(CCC)c(C)c2N)c(N)c1C. The smallest absolute Gasteiger partial charge is 0.0382 e. The molecule has 0 saturated heterocycles. The average molecular weight is 310 g/mol. The van der Waals surface area contributed by atoms with Gasteiger partial charge in [-0.25, -0.2) is 0 Å². The number of anilines is 2. The van der Waals surface area contributed by atoms with E-state index in [0.29, 0.717) is 0 Å². The number of hydrogen-bond acceptors (Lipinski definition) is 2. The van der Waals surface area contributed by atoms with Crippen molar-refractivity contribution in [2.45, 2.75) is 59.8 Å². The van der Waals surface area contributed by atoms with Gasteiger partial charge in [0.15, 0.2) is 0 Å². The summed E-state index contributed by atoms with van der Waals surface area (Å²) in [5.74, 6) is 0. The molecule has 2 rings (SSSR count). The summed E-state index contributed by atoms with van der Waals surface area (Å²) in [6, 6.07) is 8.78. The first kappa shape index (κ1) is 17.4. The van der Waals surface area contributed by atoms with E-state index in [-0.39, 0.29) is 0 Å². The van der Waals surface area contributed by atoms with Crippen molar-refractivity contribution < 1.29 is 0 Å². The summed E-state index contributed by atoms with van der Waals surface area (Å²) in [5.41, 5.74) is 22.1. The van der Waals surface area contributed by atoms with Crippen LogP contribution in [0.25, 0.3) is 0 Å². The molecule has 0 aliphatic carbocycles. The fraction of sp³-hybridized carbons (Fsp3) is 0.429. The van der Waals surface area contributed by atoms with E-state index >= 15 is 0 Å². The lowest BCUT2D eigenvalue weighted by Gasteiger charge is -2.16. The van der Waals surface area contributed by atoms with E-state index in [2.05, 4.69) is 52.0 Å². The Morgan fingerprint density at radius 2 is 1.00 bits per heavy atom. The Morgan fingerprint density at radius 3 is 1.35 bits per heavy atom. The quantitative estimate of drug-likeness (QED) is 0.741. The maximum atomic E-state index is 6.39. The Labute approximate surface area is 140 Å². The average Bonchev–Trinajstić information content (AvgIpc) is 2.54. The van der Waals surface area contributed by atoms with Gasteiger partial charge in [-0.3, -0.25) is 0 Å². The van der Waals surface area contributed by atoms with E-state index < -0.39 is 0 Å². The highest BCUT2D eigenvalue weighted by molar-refractivity contribution is 5.62. The van der Waals surface area contributed by atoms with E-state index in [1.165, 1.54) is 33.4 Å². The highest BCUT2D eigenvalue weighted by Crippen LogP contribution is 2.28. The Morgan fingerprint density at radius 1 is 0.652 bits per heavy atom. The molecule has 2 nitrogen and oxygen atoms in total. The van der Waals surface area contributed by atoms with Crippen LogP contribution in [0.15, 0.2) is 24.3 Å². The topological polar surface area (TPSA) is 52.0 Å². The standard InChI is InChI=1S/C21H30N2/c1-5-7-16-9-11-18(20(22)14(16)3)13-19-12-10-17(8-6-2)15(4)21(19)23/h9-12H,5-8,13,22-23H2,1-4H3. The minimum atomic E-state index is 0.804. The highest BCUT2D eigenvalue weighted by atomic mass is 14.6. The van der Waals surface area contributed by atoms with Crippen molar-refractivity contribution in [3.05, 3.63) is 57.6 Å². The molecular weight excluding hydrogens is 280 g/mol. The molecule has 2 aromatic carbocycles. The lowest BCUT2D eigenvalue weighted by Crippen LogP contribution is -2.05. The zero-order valence-corrected chi connectivity index (χ0v) is 15.0. The van der Waals surface area contributed by atoms with Gasteiger partial charge >= 0.3 is 0 Å². The minimum absolute atomic E-state index is 0.804. The van der Waals surface area contributed by atoms with Crippen molar-refractivity contribution in [3.63, 3.8) is 0 Å². The zero-order valence-electron chi connectivity index (χ0n) is 15.0. The van der Waals surface area contributed by atoms with Gasteiger partial charge in [-0.05, 0) is 60.1 Å². The van der Waals surface area contributed by atoms with E-state index in [9.17, 15) is 0 Å². The molecule has 0 aliphatic heterocycles. The molecule has 0 atom stereocenters. The van der Waals surface area contributed by atoms with Crippen LogP contribution in [0.5, 0.6) is 0 Å². The summed E-state index contributed by atoms with van der Waals surface area (Å²) < 4.78 is 0. The molecule has 0 heterocycles. The monoisotopic (exact) mass is 310 g/mol. The molecule has 23 heavy (non-hydrogen) atoms. The van der Waals surface area contributed by atoms with Crippen molar-refractivity contribution in [2.24, 2.45) is 0 Å². The molecule has 0 unspecified atom stereocenters. The van der Waals surface area contributed by atoms with Crippen LogP contribution in [-0.2, 0) is 19.3 Å². The second-order valence-electron chi connectivity index (χ2n) is 6.52. The number of nitrogen functional groups attached to an aromatic ring is 2. The first-order valence-electron chi connectivity index (χ1n) is 8.73. The molecule has 0 amide bonds. The van der Waals surface area contributed by atoms with Crippen LogP contribution in [0.2, 0.25) is 0 Å². The Kier molecular flexibility index (Phi) is 5.70. The largest absolute Gasteiger partial charge is 0.398 e. The van der Waals surface area contributed by atoms with Gasteiger partial charge in [-0.1, -0.05) is 51.0 Å². The van der Waals surface area contributed by atoms with Gasteiger partial charge in [0.25, 0.3) is 0 Å². The molecule has 2 aromatic rings. The molecule has 4 N–H and O–H groups in total. The van der Waals surface area contributed by atoms with Crippen molar-refractivity contribution >= 4 is 11.4 Å². The number of benzene rings is 2. The molecule has 0 aliphatic rings. The van der Waals surface area contributed by atoms with Gasteiger partial charge in [-0.15, -0.1) is 0 Å². The normalized spacial score (nSPS) is 11.0. The molecule has 0 fully saturated rings. The zero-order chi connectivity index (χ0) is 17.0. The van der Waals surface area contributed by atoms with Crippen LogP contribution < -0.4 is 11.5 Å². The van der Waals surface area contributed by atoms with Crippen LogP contribution in [0.1, 0.15) is 60.1 Å². The van der Waals surface area contributed by atoms with Crippen LogP contribution >= 0.6 is 0 Å². The fourth-order valence-electron chi connectivity index (χ4n) is 3.25. The second-order valence-corrected chi connectivity index (χ2v) is 6.52. The minimum Gasteiger partial charge on any atom is -0.398 e. The summed E-state index contributed by atoms with van der Waals surface area (Å²) in [7, 11) is 0. The number of aryl methyl sites for hydroxylation is 2. The Balaban J connectivity index is 2.33. The highest BCUT2D eigenvalue weighted by Gasteiger charge is 2.11. The second kappa shape index (κ2) is 7.54. The third-order valence-corrected chi connectivity index (χ3v) is 4.85. The lowest BCUT2D eigenvalue weighted by molar-refractivity contribution is 0.910. The van der Waals surface area contributed by atoms with E-state index in [4.69, 9.17) is 11.5 Å². The van der Waals surface area contributed by atoms with Gasteiger partial charge in [0.1, 0.15) is 0 Å². The maximum absolute atomic E-state index is 6.39. The molecule has 0 radical (unpaired) electrons. The first-order valence-corrected chi connectivity index (χ1v) is 8.73. The van der Waals surface area contributed by atoms with Gasteiger partial charge in [0, 0.05) is 17.8 Å². The van der Waals surface area contributed by atoms with Crippen molar-refractivity contribution in [3.8, 4) is 0 Å². The number of hydrogen-bond donors (Lipinski definition) is 2. The molecule has 2 heteroatoms. The molecule has 0 spiro atoms. The van der Waals surface area contributed by atoms with E-state index in [0.717, 1.165) is 43.5 Å². The number of nitrogens with two attached hydrogens (primary N) is 2. The summed E-state index contributed by atoms with van der Waals surface area (Å²) in [6.07, 6.45) is 5.26. The van der Waals surface area contributed by atoms with Crippen LogP contribution in [0.4, 0.5) is 11.4 Å². The Hall–Kier alpha value is -1.96. The molecule has 0 aromatic heterocycles. The van der Waals surface area contributed by atoms with Crippen molar-refractivity contribution in [2.75, 3.05) is 11.5 Å². The van der Waals surface area contributed by atoms with Gasteiger partial charge in [-0.2, -0.15) is 0 Å². The summed E-state index contributed by atoms with van der Waals surface area (Å²) in [5, 5.41) is 0. The lowest BCUT2D eigenvalue weighted by atomic mass is 9.92. The molecular formula is C21H30N2. The summed E-state index contributed by atoms with van der Waals surface area (Å²) in [4.78, 5) is 0. The van der Waals surface area contributed by atoms with Gasteiger partial charge in [0.2, 0.25) is 0 Å². The van der Waals surface area contributed by atoms with Crippen LogP contribution in [0.3, 0.4) is 0 Å². The van der Waals surface area contributed by atoms with E-state index in [1.807, 2.05) is 0 Å². The number of rotatable bonds is 6. The van der Waals surface area contributed by atoms with Crippen molar-refractivity contribution in [1.29, 1.82) is 0 Å². The summed E-state index contributed by atoms with van der Waals surface area (Å²) in [6.45, 7) is 8.65. The maximum Gasteiger partial charge on any atom is 0.0382 e. The van der Waals surface area contributed by atoms with Gasteiger partial charge in [0.05, 0.1) is 0 Å². The van der Waals surface area contributed by atoms with Gasteiger partial charge < -0.3 is 11.5 Å². The molecule has 0 saturated carbocycles. The third-order valence-electron chi connectivity index (χ3n) is 4.85. The predicted molar refractivity (Wildman–Crippen MR) is 102 cm³/mol. The van der Waals surface area contributed by atoms with Crippen LogP contribution in [-0.4, -0.2) is 0 Å². The Bertz CT molecular complexity index is 627. The summed E-state index contributed by atoms with van der Waals surface area (Å²) >= 11 is 0. The predicted octanol–water partition coefficient (Wildman–Crippen LogP) is 4.96. The first-order chi connectivity index (χ1) is 11.0. The molecule has 0 bridgehead atoms. The van der Waals surface area contributed by atoms with E-state index in [1.54, 1.807) is 0 Å². The molecule has 124 valence electrons. The van der Waals surface area contributed by atoms with Crippen LogP contribution in [0, 0.1) is 13.8 Å². The van der Waals surface area contributed by atoms with Crippen molar-refractivity contribution in [1.82, 2.24) is 0 Å².